The first kappa shape index (κ1) is 23.9. The van der Waals surface area contributed by atoms with Gasteiger partial charge in [0.1, 0.15) is 5.69 Å². The van der Waals surface area contributed by atoms with Gasteiger partial charge < -0.3 is 19.3 Å². The molecule has 1 aliphatic heterocycles. The summed E-state index contributed by atoms with van der Waals surface area (Å²) < 4.78 is 11.3. The van der Waals surface area contributed by atoms with E-state index in [1.54, 1.807) is 29.2 Å². The van der Waals surface area contributed by atoms with Crippen molar-refractivity contribution in [3.8, 4) is 11.5 Å². The van der Waals surface area contributed by atoms with Crippen LogP contribution in [0.25, 0.3) is 0 Å². The number of ether oxygens (including phenoxy) is 2. The quantitative estimate of drug-likeness (QED) is 0.387. The first-order valence-electron chi connectivity index (χ1n) is 10.4. The molecule has 1 fully saturated rings. The second-order valence-electron chi connectivity index (χ2n) is 7.24. The van der Waals surface area contributed by atoms with Crippen LogP contribution < -0.4 is 14.4 Å². The molecule has 0 aliphatic carbocycles. The van der Waals surface area contributed by atoms with Gasteiger partial charge in [-0.2, -0.15) is 0 Å². The molecule has 0 radical (unpaired) electrons. The molecule has 1 saturated heterocycles. The molecular formula is C22H25Cl2N3O5. The Hall–Kier alpha value is -2.71. The number of hydrogen-bond acceptors (Lipinski definition) is 6. The number of piperazine rings is 1. The summed E-state index contributed by atoms with van der Waals surface area (Å²) in [5, 5.41) is 12.0. The van der Waals surface area contributed by atoms with Crippen LogP contribution in [0.2, 0.25) is 10.0 Å². The second-order valence-corrected chi connectivity index (χ2v) is 8.08. The van der Waals surface area contributed by atoms with Gasteiger partial charge in [0.25, 0.3) is 11.6 Å². The van der Waals surface area contributed by atoms with Crippen molar-refractivity contribution >= 4 is 40.5 Å². The van der Waals surface area contributed by atoms with Crippen LogP contribution in [0, 0.1) is 10.1 Å². The summed E-state index contributed by atoms with van der Waals surface area (Å²) in [7, 11) is 0. The molecule has 2 aromatic rings. The van der Waals surface area contributed by atoms with E-state index >= 15 is 0 Å². The molecular weight excluding hydrogens is 457 g/mol. The first-order valence-corrected chi connectivity index (χ1v) is 11.2. The summed E-state index contributed by atoms with van der Waals surface area (Å²) in [6, 6.07) is 7.85. The maximum Gasteiger partial charge on any atom is 0.294 e. The molecule has 32 heavy (non-hydrogen) atoms. The number of hydrogen-bond donors (Lipinski definition) is 0. The molecule has 0 N–H and O–H groups in total. The molecule has 1 heterocycles. The maximum atomic E-state index is 13.1. The number of rotatable bonds is 8. The standard InChI is InChI=1S/C22H25Cl2N3O5/c1-3-11-32-21-17(24)12-15(13-20(21)31-4-2)22(28)26-9-7-25(8-10-26)18-6-5-16(23)14-19(18)27(29)30/h5-6,12-14H,3-4,7-11H2,1-2H3. The monoisotopic (exact) mass is 481 g/mol. The Balaban J connectivity index is 1.75. The van der Waals surface area contributed by atoms with Crippen LogP contribution in [0.15, 0.2) is 30.3 Å². The van der Waals surface area contributed by atoms with Gasteiger partial charge in [0.05, 0.1) is 23.2 Å². The molecule has 3 rings (SSSR count). The van der Waals surface area contributed by atoms with Gasteiger partial charge in [0, 0.05) is 42.8 Å². The number of nitrogens with zero attached hydrogens (tertiary/aromatic N) is 3. The number of halogens is 2. The summed E-state index contributed by atoms with van der Waals surface area (Å²) in [5.74, 6) is 0.694. The van der Waals surface area contributed by atoms with Gasteiger partial charge in [0.2, 0.25) is 0 Å². The van der Waals surface area contributed by atoms with Crippen molar-refractivity contribution in [3.05, 3.63) is 56.1 Å². The van der Waals surface area contributed by atoms with Crippen LogP contribution in [0.4, 0.5) is 11.4 Å². The average Bonchev–Trinajstić information content (AvgIpc) is 2.78. The van der Waals surface area contributed by atoms with E-state index in [0.29, 0.717) is 72.2 Å². The molecule has 1 amide bonds. The van der Waals surface area contributed by atoms with Crippen molar-refractivity contribution in [3.63, 3.8) is 0 Å². The van der Waals surface area contributed by atoms with Crippen LogP contribution in [0.3, 0.4) is 0 Å². The smallest absolute Gasteiger partial charge is 0.294 e. The minimum absolute atomic E-state index is 0.0481. The van der Waals surface area contributed by atoms with E-state index in [2.05, 4.69) is 0 Å². The molecule has 8 nitrogen and oxygen atoms in total. The zero-order valence-corrected chi connectivity index (χ0v) is 19.5. The zero-order chi connectivity index (χ0) is 23.3. The maximum absolute atomic E-state index is 13.1. The molecule has 172 valence electrons. The predicted octanol–water partition coefficient (Wildman–Crippen LogP) is 5.05. The number of carbonyl (C=O) groups is 1. The topological polar surface area (TPSA) is 85.2 Å². The van der Waals surface area contributed by atoms with Gasteiger partial charge >= 0.3 is 0 Å². The van der Waals surface area contributed by atoms with Crippen molar-refractivity contribution in [2.24, 2.45) is 0 Å². The average molecular weight is 482 g/mol. The van der Waals surface area contributed by atoms with Gasteiger partial charge in [-0.05, 0) is 37.6 Å². The number of nitro groups is 1. The van der Waals surface area contributed by atoms with E-state index in [9.17, 15) is 14.9 Å². The highest BCUT2D eigenvalue weighted by molar-refractivity contribution is 6.32. The Labute approximate surface area is 196 Å². The third-order valence-corrected chi connectivity index (χ3v) is 5.56. The van der Waals surface area contributed by atoms with Crippen LogP contribution >= 0.6 is 23.2 Å². The SMILES string of the molecule is CCCOc1c(Cl)cc(C(=O)N2CCN(c3ccc(Cl)cc3[N+](=O)[O-])CC2)cc1OCC. The van der Waals surface area contributed by atoms with E-state index in [1.165, 1.54) is 6.07 Å². The summed E-state index contributed by atoms with van der Waals surface area (Å²) in [4.78, 5) is 27.7. The highest BCUT2D eigenvalue weighted by Crippen LogP contribution is 2.37. The van der Waals surface area contributed by atoms with Crippen molar-refractivity contribution < 1.29 is 19.2 Å². The van der Waals surface area contributed by atoms with Crippen LogP contribution in [-0.2, 0) is 0 Å². The molecule has 0 unspecified atom stereocenters. The lowest BCUT2D eigenvalue weighted by atomic mass is 10.1. The summed E-state index contributed by atoms with van der Waals surface area (Å²) in [6.45, 7) is 6.48. The Morgan fingerprint density at radius 3 is 2.44 bits per heavy atom. The molecule has 0 spiro atoms. The van der Waals surface area contributed by atoms with Gasteiger partial charge in [-0.1, -0.05) is 30.1 Å². The number of carbonyl (C=O) groups excluding carboxylic acids is 1. The fourth-order valence-electron chi connectivity index (χ4n) is 3.54. The van der Waals surface area contributed by atoms with E-state index in [-0.39, 0.29) is 11.6 Å². The Morgan fingerprint density at radius 2 is 1.81 bits per heavy atom. The highest BCUT2D eigenvalue weighted by atomic mass is 35.5. The lowest BCUT2D eigenvalue weighted by Gasteiger charge is -2.36. The lowest BCUT2D eigenvalue weighted by molar-refractivity contribution is -0.384. The van der Waals surface area contributed by atoms with Crippen LogP contribution in [0.5, 0.6) is 11.5 Å². The minimum atomic E-state index is -0.446. The number of benzene rings is 2. The molecule has 0 saturated carbocycles. The Kier molecular flexibility index (Phi) is 8.04. The lowest BCUT2D eigenvalue weighted by Crippen LogP contribution is -2.49. The largest absolute Gasteiger partial charge is 0.490 e. The highest BCUT2D eigenvalue weighted by Gasteiger charge is 2.27. The summed E-state index contributed by atoms with van der Waals surface area (Å²) in [5.41, 5.74) is 0.854. The fourth-order valence-corrected chi connectivity index (χ4v) is 3.97. The Bertz CT molecular complexity index is 994. The molecule has 0 aromatic heterocycles. The number of amides is 1. The van der Waals surface area contributed by atoms with E-state index < -0.39 is 4.92 Å². The normalized spacial score (nSPS) is 13.8. The van der Waals surface area contributed by atoms with Crippen molar-refractivity contribution in [2.75, 3.05) is 44.3 Å². The molecule has 10 heteroatoms. The predicted molar refractivity (Wildman–Crippen MR) is 125 cm³/mol. The Morgan fingerprint density at radius 1 is 1.09 bits per heavy atom. The second kappa shape index (κ2) is 10.7. The summed E-state index contributed by atoms with van der Waals surface area (Å²) in [6.07, 6.45) is 0.818. The third-order valence-electron chi connectivity index (χ3n) is 5.05. The molecule has 1 aliphatic rings. The fraction of sp³-hybridized carbons (Fsp3) is 0.409. The van der Waals surface area contributed by atoms with Crippen LogP contribution in [0.1, 0.15) is 30.6 Å². The van der Waals surface area contributed by atoms with Gasteiger partial charge in [-0.3, -0.25) is 14.9 Å². The number of nitro benzene ring substituents is 1. The van der Waals surface area contributed by atoms with E-state index in [4.69, 9.17) is 32.7 Å². The van der Waals surface area contributed by atoms with Crippen LogP contribution in [-0.4, -0.2) is 55.1 Å². The van der Waals surface area contributed by atoms with Crippen molar-refractivity contribution in [1.29, 1.82) is 0 Å². The first-order chi connectivity index (χ1) is 15.3. The van der Waals surface area contributed by atoms with Crippen molar-refractivity contribution in [2.45, 2.75) is 20.3 Å². The van der Waals surface area contributed by atoms with Gasteiger partial charge in [0.15, 0.2) is 11.5 Å². The number of anilines is 1. The minimum Gasteiger partial charge on any atom is -0.490 e. The van der Waals surface area contributed by atoms with Gasteiger partial charge in [-0.15, -0.1) is 0 Å². The van der Waals surface area contributed by atoms with E-state index in [1.807, 2.05) is 18.7 Å². The van der Waals surface area contributed by atoms with E-state index in [0.717, 1.165) is 6.42 Å². The molecule has 2 aromatic carbocycles. The van der Waals surface area contributed by atoms with Gasteiger partial charge in [-0.25, -0.2) is 0 Å². The summed E-state index contributed by atoms with van der Waals surface area (Å²) >= 11 is 12.3. The van der Waals surface area contributed by atoms with Crippen molar-refractivity contribution in [1.82, 2.24) is 4.90 Å². The third kappa shape index (κ3) is 5.37. The zero-order valence-electron chi connectivity index (χ0n) is 18.0. The molecule has 0 atom stereocenters. The molecule has 0 bridgehead atoms.